The quantitative estimate of drug-likeness (QED) is 0.719. The minimum atomic E-state index is 0.0644. The Morgan fingerprint density at radius 3 is 2.94 bits per heavy atom. The Labute approximate surface area is 95.4 Å². The van der Waals surface area contributed by atoms with Gasteiger partial charge in [0, 0.05) is 6.54 Å². The summed E-state index contributed by atoms with van der Waals surface area (Å²) >= 11 is 0. The maximum atomic E-state index is 11.9. The van der Waals surface area contributed by atoms with Crippen LogP contribution in [0.5, 0.6) is 0 Å². The number of carbonyl (C=O) groups is 1. The number of nitrogens with zero attached hydrogens (tertiary/aromatic N) is 1. The number of benzene rings is 1. The van der Waals surface area contributed by atoms with Crippen molar-refractivity contribution >= 4 is 11.6 Å². The highest BCUT2D eigenvalue weighted by atomic mass is 16.2. The Morgan fingerprint density at radius 2 is 2.12 bits per heavy atom. The fraction of sp³-hybridized carbons (Fsp3) is 0.462. The van der Waals surface area contributed by atoms with Gasteiger partial charge in [0.25, 0.3) is 5.91 Å². The first kappa shape index (κ1) is 9.70. The molecule has 2 aliphatic rings. The molecule has 0 aromatic heterocycles. The van der Waals surface area contributed by atoms with Gasteiger partial charge in [0.05, 0.1) is 11.3 Å². The Hall–Kier alpha value is -1.51. The molecular weight excluding hydrogens is 200 g/mol. The second-order valence-corrected chi connectivity index (χ2v) is 5.50. The van der Waals surface area contributed by atoms with Crippen LogP contribution in [-0.4, -0.2) is 18.6 Å². The number of amides is 1. The lowest BCUT2D eigenvalue weighted by atomic mass is 9.92. The van der Waals surface area contributed by atoms with Crippen LogP contribution in [0.3, 0.4) is 0 Å². The molecule has 84 valence electrons. The van der Waals surface area contributed by atoms with Crippen molar-refractivity contribution in [2.45, 2.75) is 26.4 Å². The molecule has 2 aliphatic heterocycles. The van der Waals surface area contributed by atoms with Crippen molar-refractivity contribution in [3.05, 3.63) is 29.8 Å². The van der Waals surface area contributed by atoms with Gasteiger partial charge in [-0.1, -0.05) is 26.0 Å². The van der Waals surface area contributed by atoms with E-state index in [0.717, 1.165) is 24.2 Å². The molecule has 1 N–H and O–H groups in total. The molecule has 2 heterocycles. The SMILES string of the molecule is CC1(C)CC2NC(=O)c3ccccc3N2C1. The average molecular weight is 216 g/mol. The molecule has 1 aromatic carbocycles. The standard InChI is InChI=1S/C13H16N2O/c1-13(2)7-11-14-12(16)9-5-3-4-6-10(9)15(11)8-13/h3-6,11H,7-8H2,1-2H3,(H,14,16). The van der Waals surface area contributed by atoms with Gasteiger partial charge in [-0.25, -0.2) is 0 Å². The van der Waals surface area contributed by atoms with Crippen molar-refractivity contribution < 1.29 is 4.79 Å². The summed E-state index contributed by atoms with van der Waals surface area (Å²) in [6.07, 6.45) is 1.20. The fourth-order valence-corrected chi connectivity index (χ4v) is 2.80. The third-order valence-electron chi connectivity index (χ3n) is 3.48. The first-order chi connectivity index (χ1) is 7.57. The molecule has 3 nitrogen and oxygen atoms in total. The van der Waals surface area contributed by atoms with Crippen LogP contribution in [0.4, 0.5) is 5.69 Å². The number of hydrogen-bond acceptors (Lipinski definition) is 2. The lowest BCUT2D eigenvalue weighted by molar-refractivity contribution is 0.0929. The van der Waals surface area contributed by atoms with E-state index in [1.165, 1.54) is 0 Å². The van der Waals surface area contributed by atoms with E-state index >= 15 is 0 Å². The number of carbonyl (C=O) groups excluding carboxylic acids is 1. The van der Waals surface area contributed by atoms with E-state index in [0.29, 0.717) is 0 Å². The van der Waals surface area contributed by atoms with Crippen LogP contribution >= 0.6 is 0 Å². The average Bonchev–Trinajstić information content (AvgIpc) is 2.53. The first-order valence-corrected chi connectivity index (χ1v) is 5.73. The van der Waals surface area contributed by atoms with Gasteiger partial charge in [0.2, 0.25) is 0 Å². The number of anilines is 1. The molecule has 1 atom stereocenters. The van der Waals surface area contributed by atoms with E-state index in [1.807, 2.05) is 24.3 Å². The van der Waals surface area contributed by atoms with Gasteiger partial charge in [-0.2, -0.15) is 0 Å². The molecule has 3 heteroatoms. The van der Waals surface area contributed by atoms with Crippen LogP contribution in [0.1, 0.15) is 30.6 Å². The summed E-state index contributed by atoms with van der Waals surface area (Å²) in [5.74, 6) is 0.0644. The summed E-state index contributed by atoms with van der Waals surface area (Å²) in [7, 11) is 0. The lowest BCUT2D eigenvalue weighted by Gasteiger charge is -2.33. The molecule has 1 amide bonds. The van der Waals surface area contributed by atoms with Crippen molar-refractivity contribution in [2.75, 3.05) is 11.4 Å². The number of fused-ring (bicyclic) bond motifs is 3. The summed E-state index contributed by atoms with van der Waals surface area (Å²) in [5, 5.41) is 3.08. The van der Waals surface area contributed by atoms with Gasteiger partial charge in [-0.3, -0.25) is 4.79 Å². The molecule has 1 fully saturated rings. The third-order valence-corrected chi connectivity index (χ3v) is 3.48. The van der Waals surface area contributed by atoms with Gasteiger partial charge < -0.3 is 10.2 Å². The Kier molecular flexibility index (Phi) is 1.82. The van der Waals surface area contributed by atoms with Crippen LogP contribution in [0, 0.1) is 5.41 Å². The Bertz CT molecular complexity index is 453. The molecule has 0 spiro atoms. The monoisotopic (exact) mass is 216 g/mol. The van der Waals surface area contributed by atoms with Crippen LogP contribution in [0.15, 0.2) is 24.3 Å². The van der Waals surface area contributed by atoms with E-state index in [4.69, 9.17) is 0 Å². The van der Waals surface area contributed by atoms with Gasteiger partial charge in [0.1, 0.15) is 6.17 Å². The molecule has 0 radical (unpaired) electrons. The van der Waals surface area contributed by atoms with Gasteiger partial charge in [-0.15, -0.1) is 0 Å². The number of para-hydroxylation sites is 1. The third kappa shape index (κ3) is 1.31. The highest BCUT2D eigenvalue weighted by Crippen LogP contribution is 2.39. The van der Waals surface area contributed by atoms with Crippen LogP contribution in [0.2, 0.25) is 0 Å². The van der Waals surface area contributed by atoms with E-state index < -0.39 is 0 Å². The first-order valence-electron chi connectivity index (χ1n) is 5.73. The predicted octanol–water partition coefficient (Wildman–Crippen LogP) is 1.99. The number of rotatable bonds is 0. The molecule has 1 aromatic rings. The van der Waals surface area contributed by atoms with Gasteiger partial charge in [0.15, 0.2) is 0 Å². The largest absolute Gasteiger partial charge is 0.350 e. The van der Waals surface area contributed by atoms with Crippen LogP contribution < -0.4 is 10.2 Å². The lowest BCUT2D eigenvalue weighted by Crippen LogP contribution is -2.49. The zero-order valence-corrected chi connectivity index (χ0v) is 9.66. The number of hydrogen-bond donors (Lipinski definition) is 1. The second-order valence-electron chi connectivity index (χ2n) is 5.50. The molecule has 1 unspecified atom stereocenters. The van der Waals surface area contributed by atoms with E-state index in [1.54, 1.807) is 0 Å². The molecule has 0 bridgehead atoms. The minimum Gasteiger partial charge on any atom is -0.350 e. The van der Waals surface area contributed by atoms with Crippen molar-refractivity contribution in [3.8, 4) is 0 Å². The zero-order valence-electron chi connectivity index (χ0n) is 9.66. The van der Waals surface area contributed by atoms with Crippen molar-refractivity contribution in [1.82, 2.24) is 5.32 Å². The van der Waals surface area contributed by atoms with Gasteiger partial charge >= 0.3 is 0 Å². The van der Waals surface area contributed by atoms with E-state index in [-0.39, 0.29) is 17.5 Å². The second kappa shape index (κ2) is 3.00. The fourth-order valence-electron chi connectivity index (χ4n) is 2.80. The molecule has 0 aliphatic carbocycles. The molecule has 1 saturated heterocycles. The minimum absolute atomic E-state index is 0.0644. The summed E-state index contributed by atoms with van der Waals surface area (Å²) < 4.78 is 0. The molecule has 16 heavy (non-hydrogen) atoms. The summed E-state index contributed by atoms with van der Waals surface area (Å²) in [4.78, 5) is 14.2. The number of nitrogens with one attached hydrogen (secondary N) is 1. The molecule has 3 rings (SSSR count). The smallest absolute Gasteiger partial charge is 0.254 e. The topological polar surface area (TPSA) is 32.3 Å². The van der Waals surface area contributed by atoms with Crippen LogP contribution in [-0.2, 0) is 0 Å². The van der Waals surface area contributed by atoms with Crippen LogP contribution in [0.25, 0.3) is 0 Å². The Morgan fingerprint density at radius 1 is 1.38 bits per heavy atom. The zero-order chi connectivity index (χ0) is 11.3. The molecule has 0 saturated carbocycles. The van der Waals surface area contributed by atoms with Gasteiger partial charge in [-0.05, 0) is 24.0 Å². The highest BCUT2D eigenvalue weighted by molar-refractivity contribution is 6.02. The predicted molar refractivity (Wildman–Crippen MR) is 63.4 cm³/mol. The van der Waals surface area contributed by atoms with Crippen molar-refractivity contribution in [3.63, 3.8) is 0 Å². The summed E-state index contributed by atoms with van der Waals surface area (Å²) in [5.41, 5.74) is 2.16. The van der Waals surface area contributed by atoms with E-state index in [2.05, 4.69) is 24.1 Å². The normalized spacial score (nSPS) is 26.0. The Balaban J connectivity index is 2.08. The van der Waals surface area contributed by atoms with E-state index in [9.17, 15) is 4.79 Å². The maximum Gasteiger partial charge on any atom is 0.254 e. The summed E-state index contributed by atoms with van der Waals surface area (Å²) in [6.45, 7) is 5.51. The van der Waals surface area contributed by atoms with Crippen molar-refractivity contribution in [1.29, 1.82) is 0 Å². The van der Waals surface area contributed by atoms with Crippen molar-refractivity contribution in [2.24, 2.45) is 5.41 Å². The molecular formula is C13H16N2O. The summed E-state index contributed by atoms with van der Waals surface area (Å²) in [6, 6.07) is 7.86. The maximum absolute atomic E-state index is 11.9. The highest BCUT2D eigenvalue weighted by Gasteiger charge is 2.42.